The molecule has 0 spiro atoms. The van der Waals surface area contributed by atoms with Crippen LogP contribution >= 0.6 is 0 Å². The molecule has 6 atom stereocenters. The third kappa shape index (κ3) is 43.4. The quantitative estimate of drug-likeness (QED) is 0.0196. The van der Waals surface area contributed by atoms with E-state index < -0.39 is 71.2 Å². The molecule has 0 amide bonds. The Labute approximate surface area is 445 Å². The molecule has 0 aromatic carbocycles. The Hall–Kier alpha value is -2.39. The summed E-state index contributed by atoms with van der Waals surface area (Å²) in [6.07, 6.45) is 52.9. The monoisotopic (exact) mass is 1050 g/mol. The molecule has 1 saturated heterocycles. The Morgan fingerprint density at radius 3 is 1.29 bits per heavy atom. The van der Waals surface area contributed by atoms with Gasteiger partial charge in [-0.25, -0.2) is 0 Å². The average Bonchev–Trinajstić information content (AvgIpc) is 3.36. The van der Waals surface area contributed by atoms with E-state index in [2.05, 4.69) is 62.5 Å². The fourth-order valence-electron chi connectivity index (χ4n) is 9.14. The molecule has 0 aliphatic carbocycles. The first-order chi connectivity index (χ1) is 35.5. The number of aliphatic hydroxyl groups excluding tert-OH is 3. The second-order valence-corrected chi connectivity index (χ2v) is 22.1. The lowest BCUT2D eigenvalue weighted by atomic mass is 10.00. The Balaban J connectivity index is 2.29. The van der Waals surface area contributed by atoms with Gasteiger partial charge >= 0.3 is 11.9 Å². The lowest BCUT2D eigenvalue weighted by Gasteiger charge is -2.40. The predicted molar refractivity (Wildman–Crippen MR) is 298 cm³/mol. The lowest BCUT2D eigenvalue weighted by molar-refractivity contribution is -0.297. The number of hydrogen-bond donors (Lipinski definition) is 4. The van der Waals surface area contributed by atoms with Crippen LogP contribution in [0.25, 0.3) is 0 Å². The predicted octanol–water partition coefficient (Wildman–Crippen LogP) is 14.6. The highest BCUT2D eigenvalue weighted by atomic mass is 32.2. The van der Waals surface area contributed by atoms with Crippen LogP contribution in [-0.2, 0) is 38.7 Å². The number of allylic oxidation sites excluding steroid dienone is 8. The molecule has 1 rings (SSSR count). The molecule has 1 aliphatic rings. The molecule has 0 radical (unpaired) electrons. The number of rotatable bonds is 51. The molecule has 4 N–H and O–H groups in total. The molecule has 426 valence electrons. The van der Waals surface area contributed by atoms with Crippen molar-refractivity contribution in [2.45, 2.75) is 301 Å². The normalized spacial score (nSPS) is 19.0. The van der Waals surface area contributed by atoms with Crippen molar-refractivity contribution in [1.29, 1.82) is 0 Å². The number of hydrogen-bond acceptors (Lipinski definition) is 11. The Bertz CT molecular complexity index is 1510. The van der Waals surface area contributed by atoms with E-state index in [-0.39, 0.29) is 19.4 Å². The molecule has 0 saturated carbocycles. The second kappa shape index (κ2) is 49.2. The van der Waals surface area contributed by atoms with Crippen LogP contribution in [0.2, 0.25) is 0 Å². The van der Waals surface area contributed by atoms with E-state index in [1.54, 1.807) is 0 Å². The van der Waals surface area contributed by atoms with Gasteiger partial charge in [0.25, 0.3) is 10.1 Å². The number of carbonyl (C=O) groups excluding carboxylic acids is 2. The minimum absolute atomic E-state index is 0.160. The van der Waals surface area contributed by atoms with E-state index in [9.17, 15) is 37.9 Å². The SMILES string of the molecule is CC/C=C\C/C=C\C/C=C\C/C=C\CCCCCCCCCCCCC(=O)OC(COC(=O)CCCCCCCCCCCCCCCCCCCCCCCC)COC1OC(CS(=O)(=O)O)C(O)C(O)C1O. The molecule has 1 fully saturated rings. The van der Waals surface area contributed by atoms with Crippen LogP contribution in [0.1, 0.15) is 264 Å². The molecule has 1 heterocycles. The Kier molecular flexibility index (Phi) is 46.3. The van der Waals surface area contributed by atoms with Crippen LogP contribution in [-0.4, -0.2) is 96.0 Å². The topological polar surface area (TPSA) is 186 Å². The van der Waals surface area contributed by atoms with Gasteiger partial charge in [0.2, 0.25) is 0 Å². The van der Waals surface area contributed by atoms with Gasteiger partial charge in [0.15, 0.2) is 12.4 Å². The van der Waals surface area contributed by atoms with E-state index in [0.717, 1.165) is 77.0 Å². The summed E-state index contributed by atoms with van der Waals surface area (Å²) in [6, 6.07) is 0. The van der Waals surface area contributed by atoms with Gasteiger partial charge in [-0.1, -0.05) is 249 Å². The van der Waals surface area contributed by atoms with Crippen molar-refractivity contribution in [3.63, 3.8) is 0 Å². The number of esters is 2. The molecule has 0 aromatic rings. The third-order valence-corrected chi connectivity index (χ3v) is 14.4. The van der Waals surface area contributed by atoms with Gasteiger partial charge in [-0.05, 0) is 51.4 Å². The summed E-state index contributed by atoms with van der Waals surface area (Å²) in [7, 11) is -4.61. The van der Waals surface area contributed by atoms with E-state index in [4.69, 9.17) is 18.9 Å². The largest absolute Gasteiger partial charge is 0.462 e. The van der Waals surface area contributed by atoms with Crippen molar-refractivity contribution < 1.29 is 56.8 Å². The summed E-state index contributed by atoms with van der Waals surface area (Å²) in [4.78, 5) is 25.7. The summed E-state index contributed by atoms with van der Waals surface area (Å²) in [6.45, 7) is 3.70. The van der Waals surface area contributed by atoms with Crippen LogP contribution in [0.5, 0.6) is 0 Å². The highest BCUT2D eigenvalue weighted by molar-refractivity contribution is 7.85. The van der Waals surface area contributed by atoms with Crippen LogP contribution in [0.15, 0.2) is 48.6 Å². The molecule has 0 aromatic heterocycles. The summed E-state index contributed by atoms with van der Waals surface area (Å²) in [5.74, 6) is -1.97. The van der Waals surface area contributed by atoms with E-state index >= 15 is 0 Å². The van der Waals surface area contributed by atoms with Gasteiger partial charge < -0.3 is 34.3 Å². The molecule has 1 aliphatic heterocycles. The van der Waals surface area contributed by atoms with Crippen molar-refractivity contribution in [3.8, 4) is 0 Å². The Morgan fingerprint density at radius 2 is 0.863 bits per heavy atom. The summed E-state index contributed by atoms with van der Waals surface area (Å²) in [5, 5.41) is 31.1. The zero-order valence-corrected chi connectivity index (χ0v) is 47.1. The van der Waals surface area contributed by atoms with Gasteiger partial charge in [-0.3, -0.25) is 14.1 Å². The van der Waals surface area contributed by atoms with Crippen LogP contribution < -0.4 is 0 Å². The van der Waals surface area contributed by atoms with Crippen LogP contribution in [0.3, 0.4) is 0 Å². The lowest BCUT2D eigenvalue weighted by Crippen LogP contribution is -2.60. The number of aliphatic hydroxyl groups is 3. The first kappa shape index (κ1) is 68.6. The molecular formula is C60H108O12S. The number of unbranched alkanes of at least 4 members (excludes halogenated alkanes) is 31. The molecular weight excluding hydrogens is 945 g/mol. The van der Waals surface area contributed by atoms with Crippen molar-refractivity contribution in [1.82, 2.24) is 0 Å². The van der Waals surface area contributed by atoms with E-state index in [0.29, 0.717) is 12.8 Å². The van der Waals surface area contributed by atoms with Crippen molar-refractivity contribution in [2.75, 3.05) is 19.0 Å². The standard InChI is InChI=1S/C60H108O12S/c1-3-5-7-9-11-13-15-17-19-21-23-25-27-29-31-33-35-37-39-41-43-45-47-49-56(62)71-53(51-70-60-59(65)58(64)57(63)54(72-60)52-73(66,67)68)50-69-55(61)48-46-44-42-40-38-36-34-32-30-28-26-24-22-20-18-16-14-12-10-8-6-4-2/h5,7,11,13,17,19,23,25,53-54,57-60,63-65H,3-4,6,8-10,12,14-16,18,20-22,24,26-52H2,1-2H3,(H,66,67,68)/b7-5-,13-11-,19-17-,25-23-. The average molecular weight is 1050 g/mol. The molecule has 13 heteroatoms. The maximum atomic E-state index is 12.9. The van der Waals surface area contributed by atoms with Gasteiger partial charge in [0.1, 0.15) is 36.8 Å². The van der Waals surface area contributed by atoms with Crippen LogP contribution in [0, 0.1) is 0 Å². The summed E-state index contributed by atoms with van der Waals surface area (Å²) in [5.41, 5.74) is 0. The number of ether oxygens (including phenoxy) is 4. The highest BCUT2D eigenvalue weighted by Gasteiger charge is 2.46. The first-order valence-corrected chi connectivity index (χ1v) is 31.3. The van der Waals surface area contributed by atoms with Crippen LogP contribution in [0.4, 0.5) is 0 Å². The van der Waals surface area contributed by atoms with Crippen molar-refractivity contribution in [2.24, 2.45) is 0 Å². The third-order valence-electron chi connectivity index (χ3n) is 13.7. The molecule has 12 nitrogen and oxygen atoms in total. The summed E-state index contributed by atoms with van der Waals surface area (Å²) < 4.78 is 54.5. The zero-order chi connectivity index (χ0) is 53.3. The van der Waals surface area contributed by atoms with Crippen molar-refractivity contribution >= 4 is 22.1 Å². The zero-order valence-electron chi connectivity index (χ0n) is 46.2. The van der Waals surface area contributed by atoms with Gasteiger partial charge in [0, 0.05) is 12.8 Å². The maximum Gasteiger partial charge on any atom is 0.306 e. The van der Waals surface area contributed by atoms with Gasteiger partial charge in [-0.15, -0.1) is 0 Å². The minimum Gasteiger partial charge on any atom is -0.462 e. The fraction of sp³-hybridized carbons (Fsp3) is 0.833. The molecule has 6 unspecified atom stereocenters. The Morgan fingerprint density at radius 1 is 0.479 bits per heavy atom. The van der Waals surface area contributed by atoms with Gasteiger partial charge in [-0.2, -0.15) is 8.42 Å². The van der Waals surface area contributed by atoms with Gasteiger partial charge in [0.05, 0.1) is 6.61 Å². The summed E-state index contributed by atoms with van der Waals surface area (Å²) >= 11 is 0. The minimum atomic E-state index is -4.61. The highest BCUT2D eigenvalue weighted by Crippen LogP contribution is 2.24. The second-order valence-electron chi connectivity index (χ2n) is 20.6. The van der Waals surface area contributed by atoms with E-state index in [1.807, 2.05) is 0 Å². The van der Waals surface area contributed by atoms with E-state index in [1.165, 1.54) is 148 Å². The molecule has 73 heavy (non-hydrogen) atoms. The smallest absolute Gasteiger partial charge is 0.306 e. The maximum absolute atomic E-state index is 12.9. The van der Waals surface area contributed by atoms with Crippen molar-refractivity contribution in [3.05, 3.63) is 48.6 Å². The molecule has 0 bridgehead atoms. The fourth-order valence-corrected chi connectivity index (χ4v) is 9.83. The number of carbonyl (C=O) groups is 2. The first-order valence-electron chi connectivity index (χ1n) is 29.7.